The number of piperidine rings is 1. The van der Waals surface area contributed by atoms with E-state index in [1.54, 1.807) is 11.3 Å². The second-order valence-corrected chi connectivity index (χ2v) is 8.00. The Morgan fingerprint density at radius 3 is 2.86 bits per heavy atom. The van der Waals surface area contributed by atoms with Crippen molar-refractivity contribution in [2.75, 3.05) is 25.5 Å². The molecule has 8 heteroatoms. The number of nitrogens with zero attached hydrogens (tertiary/aromatic N) is 5. The van der Waals surface area contributed by atoms with Crippen molar-refractivity contribution in [2.24, 2.45) is 7.05 Å². The summed E-state index contributed by atoms with van der Waals surface area (Å²) in [6, 6.07) is 2.17. The molecule has 1 saturated heterocycles. The number of aromatic nitrogens is 5. The smallest absolute Gasteiger partial charge is 0.165 e. The lowest BCUT2D eigenvalue weighted by Crippen LogP contribution is -2.29. The van der Waals surface area contributed by atoms with E-state index in [0.717, 1.165) is 53.4 Å². The van der Waals surface area contributed by atoms with Gasteiger partial charge in [0.1, 0.15) is 5.82 Å². The molecule has 7 nitrogen and oxygen atoms in total. The van der Waals surface area contributed by atoms with Crippen LogP contribution in [0.25, 0.3) is 27.9 Å². The largest absolute Gasteiger partial charge is 0.372 e. The van der Waals surface area contributed by atoms with Crippen LogP contribution in [0.1, 0.15) is 24.5 Å². The highest BCUT2D eigenvalue weighted by Gasteiger charge is 2.26. The van der Waals surface area contributed by atoms with E-state index in [0.29, 0.717) is 5.92 Å². The lowest BCUT2D eigenvalue weighted by Gasteiger charge is -2.25. The fourth-order valence-electron chi connectivity index (χ4n) is 4.08. The van der Waals surface area contributed by atoms with Crippen LogP contribution in [0.15, 0.2) is 35.4 Å². The Kier molecular flexibility index (Phi) is 4.37. The van der Waals surface area contributed by atoms with E-state index in [2.05, 4.69) is 37.7 Å². The predicted molar refractivity (Wildman–Crippen MR) is 113 cm³/mol. The molecular formula is C20H23N7S. The summed E-state index contributed by atoms with van der Waals surface area (Å²) in [5.74, 6) is 1.37. The summed E-state index contributed by atoms with van der Waals surface area (Å²) in [6.45, 7) is 2.04. The standard InChI is InChI=1S/C20H23N7S/c1-21-20-17(14-5-7-28-12-14)18(13-4-3-6-22-8-13)25-19-16(10-24-27(19)20)15-9-23-26(2)11-15/h5,7,9-13,21-22H,3-4,6,8H2,1-2H3. The Morgan fingerprint density at radius 1 is 1.25 bits per heavy atom. The van der Waals surface area contributed by atoms with Crippen LogP contribution in [-0.2, 0) is 7.05 Å². The van der Waals surface area contributed by atoms with Crippen LogP contribution in [-0.4, -0.2) is 44.5 Å². The van der Waals surface area contributed by atoms with Gasteiger partial charge in [0.25, 0.3) is 0 Å². The van der Waals surface area contributed by atoms with Crippen LogP contribution in [0.2, 0.25) is 0 Å². The van der Waals surface area contributed by atoms with Gasteiger partial charge in [0, 0.05) is 49.4 Å². The first-order valence-corrected chi connectivity index (χ1v) is 10.5. The van der Waals surface area contributed by atoms with Crippen LogP contribution < -0.4 is 10.6 Å². The van der Waals surface area contributed by atoms with Gasteiger partial charge < -0.3 is 10.6 Å². The zero-order chi connectivity index (χ0) is 19.1. The minimum absolute atomic E-state index is 0.386. The van der Waals surface area contributed by atoms with Gasteiger partial charge in [-0.3, -0.25) is 4.68 Å². The molecule has 1 aliphatic rings. The normalized spacial score (nSPS) is 17.3. The predicted octanol–water partition coefficient (Wildman–Crippen LogP) is 3.37. The summed E-state index contributed by atoms with van der Waals surface area (Å²) < 4.78 is 3.73. The first-order chi connectivity index (χ1) is 13.8. The van der Waals surface area contributed by atoms with E-state index in [-0.39, 0.29) is 0 Å². The van der Waals surface area contributed by atoms with Crippen LogP contribution in [0.4, 0.5) is 5.82 Å². The molecule has 4 aromatic heterocycles. The number of thiophene rings is 1. The van der Waals surface area contributed by atoms with Crippen molar-refractivity contribution < 1.29 is 0 Å². The number of hydrogen-bond donors (Lipinski definition) is 2. The van der Waals surface area contributed by atoms with Gasteiger partial charge in [-0.25, -0.2) is 4.98 Å². The van der Waals surface area contributed by atoms with Crippen molar-refractivity contribution in [3.05, 3.63) is 41.1 Å². The highest BCUT2D eigenvalue weighted by Crippen LogP contribution is 2.39. The third kappa shape index (κ3) is 2.80. The second-order valence-electron chi connectivity index (χ2n) is 7.22. The van der Waals surface area contributed by atoms with E-state index >= 15 is 0 Å². The Hall–Kier alpha value is -2.71. The number of rotatable bonds is 4. The quantitative estimate of drug-likeness (QED) is 0.556. The number of nitrogens with one attached hydrogen (secondary N) is 2. The first kappa shape index (κ1) is 17.4. The molecule has 0 spiro atoms. The molecular weight excluding hydrogens is 370 g/mol. The maximum absolute atomic E-state index is 5.20. The van der Waals surface area contributed by atoms with E-state index in [1.807, 2.05) is 41.9 Å². The molecule has 1 aliphatic heterocycles. The van der Waals surface area contributed by atoms with Gasteiger partial charge in [-0.15, -0.1) is 0 Å². The zero-order valence-corrected chi connectivity index (χ0v) is 16.8. The van der Waals surface area contributed by atoms with Crippen molar-refractivity contribution in [3.63, 3.8) is 0 Å². The van der Waals surface area contributed by atoms with E-state index in [1.165, 1.54) is 12.0 Å². The SMILES string of the molecule is CNc1c(-c2ccsc2)c(C2CCCNC2)nc2c(-c3cnn(C)c3)cnn12. The third-order valence-electron chi connectivity index (χ3n) is 5.42. The average Bonchev–Trinajstić information content (AvgIpc) is 3.47. The van der Waals surface area contributed by atoms with Gasteiger partial charge in [0.05, 0.1) is 18.1 Å². The summed E-state index contributed by atoms with van der Waals surface area (Å²) in [6.07, 6.45) is 8.08. The molecule has 0 amide bonds. The van der Waals surface area contributed by atoms with Gasteiger partial charge in [0.2, 0.25) is 0 Å². The summed E-state index contributed by atoms with van der Waals surface area (Å²) in [5, 5.41) is 20.2. The Labute approximate surface area is 167 Å². The van der Waals surface area contributed by atoms with Crippen LogP contribution in [0, 0.1) is 0 Å². The van der Waals surface area contributed by atoms with Crippen molar-refractivity contribution in [2.45, 2.75) is 18.8 Å². The molecule has 28 heavy (non-hydrogen) atoms. The lowest BCUT2D eigenvalue weighted by atomic mass is 9.91. The molecule has 5 rings (SSSR count). The van der Waals surface area contributed by atoms with Crippen molar-refractivity contribution in [1.82, 2.24) is 29.7 Å². The van der Waals surface area contributed by atoms with E-state index < -0.39 is 0 Å². The molecule has 0 radical (unpaired) electrons. The molecule has 144 valence electrons. The fourth-order valence-corrected chi connectivity index (χ4v) is 4.72. The van der Waals surface area contributed by atoms with Crippen molar-refractivity contribution in [3.8, 4) is 22.3 Å². The lowest BCUT2D eigenvalue weighted by molar-refractivity contribution is 0.455. The number of aryl methyl sites for hydroxylation is 1. The zero-order valence-electron chi connectivity index (χ0n) is 16.0. The summed E-state index contributed by atoms with van der Waals surface area (Å²) in [7, 11) is 3.88. The number of fused-ring (bicyclic) bond motifs is 1. The second kappa shape index (κ2) is 7.03. The average molecular weight is 394 g/mol. The Bertz CT molecular complexity index is 1100. The van der Waals surface area contributed by atoms with Crippen molar-refractivity contribution in [1.29, 1.82) is 0 Å². The van der Waals surface area contributed by atoms with E-state index in [9.17, 15) is 0 Å². The van der Waals surface area contributed by atoms with Crippen LogP contribution >= 0.6 is 11.3 Å². The molecule has 1 atom stereocenters. The molecule has 1 unspecified atom stereocenters. The number of hydrogen-bond acceptors (Lipinski definition) is 6. The monoisotopic (exact) mass is 393 g/mol. The van der Waals surface area contributed by atoms with Gasteiger partial charge in [-0.1, -0.05) is 0 Å². The van der Waals surface area contributed by atoms with Gasteiger partial charge in [-0.2, -0.15) is 26.0 Å². The molecule has 0 saturated carbocycles. The van der Waals surface area contributed by atoms with Crippen molar-refractivity contribution >= 4 is 22.8 Å². The van der Waals surface area contributed by atoms with E-state index in [4.69, 9.17) is 4.98 Å². The topological polar surface area (TPSA) is 72.1 Å². The minimum Gasteiger partial charge on any atom is -0.372 e. The summed E-state index contributed by atoms with van der Waals surface area (Å²) in [5.41, 5.74) is 6.41. The molecule has 0 aromatic carbocycles. The van der Waals surface area contributed by atoms with Gasteiger partial charge >= 0.3 is 0 Å². The first-order valence-electron chi connectivity index (χ1n) is 9.58. The molecule has 1 fully saturated rings. The highest BCUT2D eigenvalue weighted by molar-refractivity contribution is 7.08. The maximum Gasteiger partial charge on any atom is 0.165 e. The summed E-state index contributed by atoms with van der Waals surface area (Å²) in [4.78, 5) is 5.20. The minimum atomic E-state index is 0.386. The van der Waals surface area contributed by atoms with Gasteiger partial charge in [-0.05, 0) is 41.8 Å². The molecule has 5 heterocycles. The Morgan fingerprint density at radius 2 is 2.18 bits per heavy atom. The van der Waals surface area contributed by atoms with Gasteiger partial charge in [0.15, 0.2) is 5.65 Å². The Balaban J connectivity index is 1.79. The molecule has 4 aromatic rings. The fraction of sp³-hybridized carbons (Fsp3) is 0.350. The third-order valence-corrected chi connectivity index (χ3v) is 6.10. The number of anilines is 1. The highest BCUT2D eigenvalue weighted by atomic mass is 32.1. The molecule has 0 bridgehead atoms. The maximum atomic E-state index is 5.20. The summed E-state index contributed by atoms with van der Waals surface area (Å²) >= 11 is 1.71. The molecule has 2 N–H and O–H groups in total. The van der Waals surface area contributed by atoms with Crippen LogP contribution in [0.3, 0.4) is 0 Å². The molecule has 0 aliphatic carbocycles. The van der Waals surface area contributed by atoms with Crippen LogP contribution in [0.5, 0.6) is 0 Å².